The molecule has 0 spiro atoms. The molecule has 0 N–H and O–H groups in total. The molecule has 0 saturated carbocycles. The van der Waals surface area contributed by atoms with Crippen molar-refractivity contribution in [1.82, 2.24) is 0 Å². The van der Waals surface area contributed by atoms with Gasteiger partial charge in [-0.25, -0.2) is 4.40 Å². The van der Waals surface area contributed by atoms with Gasteiger partial charge in [-0.05, 0) is 42.5 Å². The molecule has 0 aliphatic rings. The molecule has 0 saturated heterocycles. The van der Waals surface area contributed by atoms with Crippen LogP contribution in [0.1, 0.15) is 38.9 Å². The van der Waals surface area contributed by atoms with Crippen LogP contribution < -0.4 is 0 Å². The normalized spacial score (nSPS) is 11.2. The van der Waals surface area contributed by atoms with Gasteiger partial charge in [-0.2, -0.15) is 0 Å². The van der Waals surface area contributed by atoms with Crippen LogP contribution in [0.15, 0.2) is 144 Å². The SMILES string of the molecule is Cc1ccc(C(=NSC(c2ccccc2)(c2ccccc2)c2ccccc2)c2ccc(C)cc2)cc1. The van der Waals surface area contributed by atoms with E-state index < -0.39 is 4.75 Å². The van der Waals surface area contributed by atoms with E-state index in [9.17, 15) is 0 Å². The first-order valence-electron chi connectivity index (χ1n) is 12.2. The molecular weight excluding hydrogens is 454 g/mol. The molecule has 0 aliphatic heterocycles. The highest BCUT2D eigenvalue weighted by Crippen LogP contribution is 2.49. The third kappa shape index (κ3) is 4.91. The fourth-order valence-corrected chi connectivity index (χ4v) is 5.65. The Morgan fingerprint density at radius 2 is 0.806 bits per heavy atom. The summed E-state index contributed by atoms with van der Waals surface area (Å²) in [7, 11) is 0. The first-order chi connectivity index (χ1) is 17.7. The number of rotatable bonds is 7. The first kappa shape index (κ1) is 23.8. The maximum atomic E-state index is 5.36. The van der Waals surface area contributed by atoms with Gasteiger partial charge < -0.3 is 0 Å². The van der Waals surface area contributed by atoms with Crippen molar-refractivity contribution >= 4 is 17.7 Å². The van der Waals surface area contributed by atoms with Crippen molar-refractivity contribution in [3.63, 3.8) is 0 Å². The summed E-state index contributed by atoms with van der Waals surface area (Å²) in [5, 5.41) is 0. The molecule has 1 nitrogen and oxygen atoms in total. The largest absolute Gasteiger partial charge is 0.214 e. The molecule has 0 aliphatic carbocycles. The average molecular weight is 484 g/mol. The van der Waals surface area contributed by atoms with Crippen LogP contribution in [0, 0.1) is 13.8 Å². The minimum Gasteiger partial charge on any atom is -0.214 e. The monoisotopic (exact) mass is 483 g/mol. The Kier molecular flexibility index (Phi) is 7.16. The van der Waals surface area contributed by atoms with E-state index >= 15 is 0 Å². The van der Waals surface area contributed by atoms with Crippen LogP contribution in [-0.4, -0.2) is 5.71 Å². The highest BCUT2D eigenvalue weighted by Gasteiger charge is 2.38. The van der Waals surface area contributed by atoms with Gasteiger partial charge in [0.2, 0.25) is 0 Å². The van der Waals surface area contributed by atoms with E-state index in [0.717, 1.165) is 16.8 Å². The zero-order valence-electron chi connectivity index (χ0n) is 20.6. The summed E-state index contributed by atoms with van der Waals surface area (Å²) in [5.74, 6) is 0. The second kappa shape index (κ2) is 10.8. The Bertz CT molecular complexity index is 1280. The fourth-order valence-electron chi connectivity index (χ4n) is 4.49. The maximum absolute atomic E-state index is 5.36. The molecule has 0 fully saturated rings. The molecule has 5 aromatic carbocycles. The summed E-state index contributed by atoms with van der Waals surface area (Å²) in [6, 6.07) is 49.4. The van der Waals surface area contributed by atoms with Crippen molar-refractivity contribution in [3.05, 3.63) is 178 Å². The summed E-state index contributed by atoms with van der Waals surface area (Å²) in [6.07, 6.45) is 0. The van der Waals surface area contributed by atoms with Crippen LogP contribution in [0.4, 0.5) is 0 Å². The van der Waals surface area contributed by atoms with Crippen molar-refractivity contribution in [3.8, 4) is 0 Å². The maximum Gasteiger partial charge on any atom is 0.113 e. The molecule has 0 amide bonds. The Morgan fingerprint density at radius 1 is 0.472 bits per heavy atom. The van der Waals surface area contributed by atoms with Crippen LogP contribution in [0.5, 0.6) is 0 Å². The lowest BCUT2D eigenvalue weighted by Gasteiger charge is -2.33. The molecule has 0 atom stereocenters. The molecule has 5 aromatic rings. The Morgan fingerprint density at radius 3 is 1.14 bits per heavy atom. The quantitative estimate of drug-likeness (QED) is 0.128. The predicted molar refractivity (Wildman–Crippen MR) is 155 cm³/mol. The van der Waals surface area contributed by atoms with Gasteiger partial charge >= 0.3 is 0 Å². The van der Waals surface area contributed by atoms with Gasteiger partial charge in [0.1, 0.15) is 4.75 Å². The van der Waals surface area contributed by atoms with Crippen LogP contribution in [0.2, 0.25) is 0 Å². The molecular formula is C34H29NS. The Hall–Kier alpha value is -3.88. The van der Waals surface area contributed by atoms with E-state index in [2.05, 4.69) is 153 Å². The minimum absolute atomic E-state index is 0.509. The summed E-state index contributed by atoms with van der Waals surface area (Å²) in [5.41, 5.74) is 9.27. The molecule has 0 heterocycles. The van der Waals surface area contributed by atoms with E-state index in [4.69, 9.17) is 4.40 Å². The van der Waals surface area contributed by atoms with E-state index in [1.165, 1.54) is 27.8 Å². The Balaban J connectivity index is 1.74. The number of nitrogens with zero attached hydrogens (tertiary/aromatic N) is 1. The second-order valence-electron chi connectivity index (χ2n) is 9.04. The first-order valence-corrected chi connectivity index (χ1v) is 13.0. The van der Waals surface area contributed by atoms with Crippen molar-refractivity contribution in [2.45, 2.75) is 18.6 Å². The zero-order valence-corrected chi connectivity index (χ0v) is 21.5. The highest BCUT2D eigenvalue weighted by atomic mass is 32.2. The van der Waals surface area contributed by atoms with Gasteiger partial charge in [0, 0.05) is 11.1 Å². The van der Waals surface area contributed by atoms with Crippen LogP contribution in [-0.2, 0) is 4.75 Å². The van der Waals surface area contributed by atoms with Gasteiger partial charge in [-0.3, -0.25) is 0 Å². The molecule has 0 unspecified atom stereocenters. The van der Waals surface area contributed by atoms with Crippen molar-refractivity contribution in [2.75, 3.05) is 0 Å². The highest BCUT2D eigenvalue weighted by molar-refractivity contribution is 7.99. The summed E-state index contributed by atoms with van der Waals surface area (Å²) >= 11 is 1.62. The van der Waals surface area contributed by atoms with E-state index in [1.807, 2.05) is 0 Å². The predicted octanol–water partition coefficient (Wildman–Crippen LogP) is 8.78. The van der Waals surface area contributed by atoms with E-state index in [1.54, 1.807) is 11.9 Å². The van der Waals surface area contributed by atoms with Crippen LogP contribution >= 0.6 is 11.9 Å². The van der Waals surface area contributed by atoms with E-state index in [-0.39, 0.29) is 0 Å². The third-order valence-electron chi connectivity index (χ3n) is 6.46. The van der Waals surface area contributed by atoms with Crippen LogP contribution in [0.25, 0.3) is 0 Å². The molecule has 0 radical (unpaired) electrons. The molecule has 36 heavy (non-hydrogen) atoms. The Labute approximate surface area is 218 Å². The van der Waals surface area contributed by atoms with E-state index in [0.29, 0.717) is 0 Å². The molecule has 5 rings (SSSR count). The topological polar surface area (TPSA) is 12.4 Å². The number of hydrogen-bond acceptors (Lipinski definition) is 2. The van der Waals surface area contributed by atoms with Crippen molar-refractivity contribution in [2.24, 2.45) is 4.40 Å². The molecule has 0 aromatic heterocycles. The smallest absolute Gasteiger partial charge is 0.113 e. The number of hydrogen-bond donors (Lipinski definition) is 0. The third-order valence-corrected chi connectivity index (χ3v) is 7.72. The van der Waals surface area contributed by atoms with Crippen LogP contribution in [0.3, 0.4) is 0 Å². The van der Waals surface area contributed by atoms with Gasteiger partial charge in [-0.1, -0.05) is 151 Å². The molecule has 176 valence electrons. The van der Waals surface area contributed by atoms with Gasteiger partial charge in [0.25, 0.3) is 0 Å². The lowest BCUT2D eigenvalue weighted by atomic mass is 9.84. The zero-order chi connectivity index (χ0) is 24.8. The fraction of sp³-hybridized carbons (Fsp3) is 0.0882. The lowest BCUT2D eigenvalue weighted by Crippen LogP contribution is -2.25. The van der Waals surface area contributed by atoms with Gasteiger partial charge in [-0.15, -0.1) is 0 Å². The van der Waals surface area contributed by atoms with Crippen molar-refractivity contribution in [1.29, 1.82) is 0 Å². The minimum atomic E-state index is -0.509. The summed E-state index contributed by atoms with van der Waals surface area (Å²) < 4.78 is 4.85. The summed E-state index contributed by atoms with van der Waals surface area (Å²) in [6.45, 7) is 4.24. The van der Waals surface area contributed by atoms with Gasteiger partial charge in [0.15, 0.2) is 0 Å². The summed E-state index contributed by atoms with van der Waals surface area (Å²) in [4.78, 5) is 0. The second-order valence-corrected chi connectivity index (χ2v) is 10.0. The number of benzene rings is 5. The van der Waals surface area contributed by atoms with Gasteiger partial charge in [0.05, 0.1) is 5.71 Å². The molecule has 0 bridgehead atoms. The average Bonchev–Trinajstić information content (AvgIpc) is 2.94. The molecule has 2 heteroatoms. The standard InChI is InChI=1S/C34H29NS/c1-26-18-22-28(23-19-26)33(29-24-20-27(2)21-25-29)35-36-34(30-12-6-3-7-13-30,31-14-8-4-9-15-31)32-16-10-5-11-17-32/h3-25H,1-2H3. The number of aryl methyl sites for hydroxylation is 2. The van der Waals surface area contributed by atoms with Crippen molar-refractivity contribution < 1.29 is 0 Å². The lowest BCUT2D eigenvalue weighted by molar-refractivity contribution is 0.896.